The zero-order valence-corrected chi connectivity index (χ0v) is 12.0. The average Bonchev–Trinajstić information content (AvgIpc) is 2.94. The molecule has 0 unspecified atom stereocenters. The van der Waals surface area contributed by atoms with Gasteiger partial charge in [0.25, 0.3) is 0 Å². The number of aromatic nitrogens is 2. The number of fused-ring (bicyclic) bond motifs is 1. The van der Waals surface area contributed by atoms with Crippen LogP contribution in [-0.4, -0.2) is 22.0 Å². The number of H-pyrrole nitrogens is 1. The Labute approximate surface area is 130 Å². The van der Waals surface area contributed by atoms with E-state index < -0.39 is 11.8 Å². The van der Waals surface area contributed by atoms with Gasteiger partial charge in [0.05, 0.1) is 11.7 Å². The second kappa shape index (κ2) is 5.87. The van der Waals surface area contributed by atoms with Gasteiger partial charge in [0.2, 0.25) is 0 Å². The normalized spacial score (nSPS) is 10.4. The van der Waals surface area contributed by atoms with Gasteiger partial charge >= 0.3 is 11.8 Å². The van der Waals surface area contributed by atoms with E-state index in [1.807, 2.05) is 0 Å². The summed E-state index contributed by atoms with van der Waals surface area (Å²) in [6, 6.07) is 11.8. The second-order valence-corrected chi connectivity index (χ2v) is 5.03. The van der Waals surface area contributed by atoms with Crippen molar-refractivity contribution in [3.8, 4) is 0 Å². The van der Waals surface area contributed by atoms with E-state index in [1.165, 1.54) is 0 Å². The summed E-state index contributed by atoms with van der Waals surface area (Å²) in [6.45, 7) is 0. The lowest BCUT2D eigenvalue weighted by atomic mass is 10.2. The van der Waals surface area contributed by atoms with Gasteiger partial charge in [0, 0.05) is 21.8 Å². The van der Waals surface area contributed by atoms with E-state index in [-0.39, 0.29) is 0 Å². The smallest absolute Gasteiger partial charge is 0.314 e. The van der Waals surface area contributed by atoms with E-state index in [0.717, 1.165) is 10.9 Å². The van der Waals surface area contributed by atoms with Gasteiger partial charge in [-0.05, 0) is 36.4 Å². The van der Waals surface area contributed by atoms with Gasteiger partial charge in [0.1, 0.15) is 0 Å². The first-order valence-corrected chi connectivity index (χ1v) is 6.81. The number of amides is 2. The zero-order chi connectivity index (χ0) is 15.5. The van der Waals surface area contributed by atoms with Crippen LogP contribution in [0.2, 0.25) is 5.02 Å². The highest BCUT2D eigenvalue weighted by molar-refractivity contribution is 6.43. The van der Waals surface area contributed by atoms with Crippen LogP contribution < -0.4 is 10.6 Å². The van der Waals surface area contributed by atoms with Gasteiger partial charge in [-0.2, -0.15) is 5.10 Å². The Morgan fingerprint density at radius 1 is 1.00 bits per heavy atom. The predicted octanol–water partition coefficient (Wildman–Crippen LogP) is 2.79. The Hall–Kier alpha value is -2.86. The fourth-order valence-corrected chi connectivity index (χ4v) is 2.15. The van der Waals surface area contributed by atoms with Crippen LogP contribution in [0.1, 0.15) is 0 Å². The maximum Gasteiger partial charge on any atom is 0.314 e. The van der Waals surface area contributed by atoms with Gasteiger partial charge in [-0.25, -0.2) is 0 Å². The lowest BCUT2D eigenvalue weighted by Crippen LogP contribution is -2.29. The number of benzene rings is 2. The standard InChI is InChI=1S/C15H11ClN4O2/c16-10-2-1-3-11(6-10)18-14(21)15(22)19-12-5-4-9-8-17-20-13(9)7-12/h1-8H,(H,17,20)(H,18,21)(H,19,22). The Morgan fingerprint density at radius 3 is 2.45 bits per heavy atom. The van der Waals surface area contributed by atoms with Gasteiger partial charge < -0.3 is 10.6 Å². The van der Waals surface area contributed by atoms with Crippen molar-refractivity contribution in [3.05, 3.63) is 53.7 Å². The Bertz CT molecular complexity index is 859. The lowest BCUT2D eigenvalue weighted by molar-refractivity contribution is -0.132. The fourth-order valence-electron chi connectivity index (χ4n) is 1.96. The molecule has 3 rings (SSSR count). The maximum atomic E-state index is 11.9. The van der Waals surface area contributed by atoms with Crippen molar-refractivity contribution in [2.75, 3.05) is 10.6 Å². The molecule has 0 saturated heterocycles. The molecule has 0 fully saturated rings. The van der Waals surface area contributed by atoms with E-state index in [1.54, 1.807) is 48.7 Å². The van der Waals surface area contributed by atoms with Crippen LogP contribution in [0.15, 0.2) is 48.7 Å². The highest BCUT2D eigenvalue weighted by atomic mass is 35.5. The Kier molecular flexibility index (Phi) is 3.76. The number of anilines is 2. The Balaban J connectivity index is 1.69. The predicted molar refractivity (Wildman–Crippen MR) is 84.8 cm³/mol. The zero-order valence-electron chi connectivity index (χ0n) is 11.3. The first-order chi connectivity index (χ1) is 10.6. The average molecular weight is 315 g/mol. The molecule has 0 aliphatic carbocycles. The molecule has 0 bridgehead atoms. The van der Waals surface area contributed by atoms with E-state index in [2.05, 4.69) is 20.8 Å². The molecule has 0 radical (unpaired) electrons. The van der Waals surface area contributed by atoms with Crippen molar-refractivity contribution in [2.45, 2.75) is 0 Å². The molecule has 110 valence electrons. The summed E-state index contributed by atoms with van der Waals surface area (Å²) in [5.41, 5.74) is 1.73. The number of halogens is 1. The van der Waals surface area contributed by atoms with Crippen molar-refractivity contribution in [2.24, 2.45) is 0 Å². The van der Waals surface area contributed by atoms with Gasteiger partial charge in [-0.3, -0.25) is 14.7 Å². The summed E-state index contributed by atoms with van der Waals surface area (Å²) in [7, 11) is 0. The molecule has 0 atom stereocenters. The van der Waals surface area contributed by atoms with Crippen molar-refractivity contribution in [1.29, 1.82) is 0 Å². The molecule has 0 saturated carbocycles. The molecule has 0 aliphatic rings. The minimum absolute atomic E-state index is 0.455. The molecule has 7 heteroatoms. The summed E-state index contributed by atoms with van der Waals surface area (Å²) in [5.74, 6) is -1.54. The van der Waals surface area contributed by atoms with Crippen LogP contribution in [0, 0.1) is 0 Å². The molecule has 0 aliphatic heterocycles. The lowest BCUT2D eigenvalue weighted by Gasteiger charge is -2.07. The van der Waals surface area contributed by atoms with E-state index >= 15 is 0 Å². The molecule has 3 N–H and O–H groups in total. The van der Waals surface area contributed by atoms with Gasteiger partial charge in [-0.15, -0.1) is 0 Å². The third-order valence-electron chi connectivity index (χ3n) is 2.99. The molecule has 1 aromatic heterocycles. The van der Waals surface area contributed by atoms with E-state index in [4.69, 9.17) is 11.6 Å². The van der Waals surface area contributed by atoms with Crippen molar-refractivity contribution in [3.63, 3.8) is 0 Å². The number of aromatic amines is 1. The molecular formula is C15H11ClN4O2. The van der Waals surface area contributed by atoms with Crippen LogP contribution >= 0.6 is 11.6 Å². The first-order valence-electron chi connectivity index (χ1n) is 6.43. The topological polar surface area (TPSA) is 86.9 Å². The van der Waals surface area contributed by atoms with Crippen molar-refractivity contribution >= 4 is 45.7 Å². The largest absolute Gasteiger partial charge is 0.318 e. The minimum Gasteiger partial charge on any atom is -0.318 e. The molecule has 2 aromatic carbocycles. The third-order valence-corrected chi connectivity index (χ3v) is 3.22. The molecule has 6 nitrogen and oxygen atoms in total. The number of carbonyl (C=O) groups is 2. The summed E-state index contributed by atoms with van der Waals surface area (Å²) in [6.07, 6.45) is 1.67. The van der Waals surface area contributed by atoms with Crippen LogP contribution in [0.25, 0.3) is 10.9 Å². The second-order valence-electron chi connectivity index (χ2n) is 4.59. The van der Waals surface area contributed by atoms with Crippen LogP contribution in [0.3, 0.4) is 0 Å². The van der Waals surface area contributed by atoms with Crippen molar-refractivity contribution in [1.82, 2.24) is 10.2 Å². The van der Waals surface area contributed by atoms with E-state index in [9.17, 15) is 9.59 Å². The summed E-state index contributed by atoms with van der Waals surface area (Å²) < 4.78 is 0. The summed E-state index contributed by atoms with van der Waals surface area (Å²) in [5, 5.41) is 13.1. The quantitative estimate of drug-likeness (QED) is 0.636. The highest BCUT2D eigenvalue weighted by Gasteiger charge is 2.14. The molecule has 0 spiro atoms. The molecule has 1 heterocycles. The van der Waals surface area contributed by atoms with E-state index in [0.29, 0.717) is 16.4 Å². The highest BCUT2D eigenvalue weighted by Crippen LogP contribution is 2.17. The number of nitrogens with zero attached hydrogens (tertiary/aromatic N) is 1. The fraction of sp³-hybridized carbons (Fsp3) is 0. The number of nitrogens with one attached hydrogen (secondary N) is 3. The molecule has 3 aromatic rings. The number of rotatable bonds is 2. The third kappa shape index (κ3) is 3.07. The first kappa shape index (κ1) is 14.1. The number of hydrogen-bond acceptors (Lipinski definition) is 3. The van der Waals surface area contributed by atoms with Crippen molar-refractivity contribution < 1.29 is 9.59 Å². The van der Waals surface area contributed by atoms with Crippen LogP contribution in [-0.2, 0) is 9.59 Å². The molecule has 22 heavy (non-hydrogen) atoms. The maximum absolute atomic E-state index is 11.9. The number of hydrogen-bond donors (Lipinski definition) is 3. The minimum atomic E-state index is -0.771. The molecular weight excluding hydrogens is 304 g/mol. The molecule has 2 amide bonds. The summed E-state index contributed by atoms with van der Waals surface area (Å²) in [4.78, 5) is 23.7. The van der Waals surface area contributed by atoms with Crippen LogP contribution in [0.5, 0.6) is 0 Å². The van der Waals surface area contributed by atoms with Gasteiger partial charge in [0.15, 0.2) is 0 Å². The SMILES string of the molecule is O=C(Nc1cccc(Cl)c1)C(=O)Nc1ccc2cn[nH]c2c1. The summed E-state index contributed by atoms with van der Waals surface area (Å²) >= 11 is 5.82. The number of carbonyl (C=O) groups excluding carboxylic acids is 2. The van der Waals surface area contributed by atoms with Gasteiger partial charge in [-0.1, -0.05) is 17.7 Å². The van der Waals surface area contributed by atoms with Crippen LogP contribution in [0.4, 0.5) is 11.4 Å². The monoisotopic (exact) mass is 314 g/mol. The Morgan fingerprint density at radius 2 is 1.73 bits per heavy atom.